The van der Waals surface area contributed by atoms with Gasteiger partial charge in [-0.25, -0.2) is 0 Å². The largest absolute Gasteiger partial charge is 0.468 e. The van der Waals surface area contributed by atoms with E-state index in [1.54, 1.807) is 0 Å². The predicted molar refractivity (Wildman–Crippen MR) is 50.4 cm³/mol. The summed E-state index contributed by atoms with van der Waals surface area (Å²) in [5, 5.41) is 0. The summed E-state index contributed by atoms with van der Waals surface area (Å²) in [5.41, 5.74) is 0.934. The van der Waals surface area contributed by atoms with Gasteiger partial charge in [-0.2, -0.15) is 13.2 Å². The lowest BCUT2D eigenvalue weighted by atomic mass is 10.2. The van der Waals surface area contributed by atoms with Crippen LogP contribution in [0.3, 0.4) is 0 Å². The average Bonchev–Trinajstić information content (AvgIpc) is 2.00. The molecule has 0 aromatic rings. The van der Waals surface area contributed by atoms with Crippen LogP contribution in [0, 0.1) is 0 Å². The number of rotatable bonds is 4. The Morgan fingerprint density at radius 1 is 1.57 bits per heavy atom. The Kier molecular flexibility index (Phi) is 8.37. The normalized spacial score (nSPS) is 12.9. The van der Waals surface area contributed by atoms with Crippen molar-refractivity contribution < 1.29 is 22.7 Å². The molecule has 0 aromatic heterocycles. The van der Waals surface area contributed by atoms with Crippen molar-refractivity contribution >= 4 is 30.1 Å². The van der Waals surface area contributed by atoms with E-state index >= 15 is 0 Å². The van der Waals surface area contributed by atoms with Gasteiger partial charge < -0.3 is 10.5 Å². The first-order valence-corrected chi connectivity index (χ1v) is 4.39. The van der Waals surface area contributed by atoms with Crippen LogP contribution in [-0.2, 0) is 9.53 Å². The number of thioether (sulfide) groups is 1. The summed E-state index contributed by atoms with van der Waals surface area (Å²) in [6.07, 6.45) is -0.0448. The van der Waals surface area contributed by atoms with Crippen molar-refractivity contribution in [1.29, 1.82) is 0 Å². The molecule has 86 valence electrons. The fourth-order valence-electron chi connectivity index (χ4n) is 0.571. The maximum Gasteiger partial charge on any atom is 0.441 e. The Morgan fingerprint density at radius 3 is 2.43 bits per heavy atom. The summed E-state index contributed by atoms with van der Waals surface area (Å²) in [6, 6.07) is -0.972. The first kappa shape index (κ1) is 16.3. The van der Waals surface area contributed by atoms with Crippen LogP contribution in [0.25, 0.3) is 0 Å². The van der Waals surface area contributed by atoms with E-state index in [4.69, 9.17) is 5.73 Å². The maximum atomic E-state index is 11.6. The molecule has 1 atom stereocenters. The zero-order valence-electron chi connectivity index (χ0n) is 7.34. The van der Waals surface area contributed by atoms with Gasteiger partial charge in [-0.15, -0.1) is 12.4 Å². The molecule has 0 aliphatic rings. The molecule has 0 fully saturated rings. The number of ether oxygens (including phenoxy) is 1. The second kappa shape index (κ2) is 7.19. The van der Waals surface area contributed by atoms with Gasteiger partial charge in [0.25, 0.3) is 0 Å². The molecule has 0 amide bonds. The van der Waals surface area contributed by atoms with Crippen LogP contribution in [0.1, 0.15) is 6.42 Å². The molecule has 0 saturated carbocycles. The van der Waals surface area contributed by atoms with Gasteiger partial charge in [0.15, 0.2) is 0 Å². The monoisotopic (exact) mass is 253 g/mol. The second-order valence-electron chi connectivity index (χ2n) is 2.21. The smallest absolute Gasteiger partial charge is 0.441 e. The van der Waals surface area contributed by atoms with Crippen molar-refractivity contribution in [2.45, 2.75) is 18.0 Å². The molecule has 0 rings (SSSR count). The molecule has 0 heterocycles. The van der Waals surface area contributed by atoms with Crippen molar-refractivity contribution in [3.63, 3.8) is 0 Å². The highest BCUT2D eigenvalue weighted by Gasteiger charge is 2.28. The molecule has 8 heteroatoms. The quantitative estimate of drug-likeness (QED) is 0.773. The number of halogens is 4. The fraction of sp³-hybridized carbons (Fsp3) is 0.833. The van der Waals surface area contributed by atoms with Gasteiger partial charge in [0.05, 0.1) is 7.11 Å². The molecule has 2 N–H and O–H groups in total. The Balaban J connectivity index is 0. The zero-order chi connectivity index (χ0) is 10.5. The lowest BCUT2D eigenvalue weighted by Gasteiger charge is -2.09. The first-order valence-electron chi connectivity index (χ1n) is 3.41. The molecule has 0 radical (unpaired) electrons. The van der Waals surface area contributed by atoms with Crippen molar-refractivity contribution in [2.24, 2.45) is 5.73 Å². The number of nitrogens with two attached hydrogens (primary N) is 1. The van der Waals surface area contributed by atoms with Crippen LogP contribution in [-0.4, -0.2) is 30.4 Å². The number of hydrogen-bond acceptors (Lipinski definition) is 4. The summed E-state index contributed by atoms with van der Waals surface area (Å²) in [5.74, 6) is -0.928. The summed E-state index contributed by atoms with van der Waals surface area (Å²) < 4.78 is 39.0. The number of alkyl halides is 3. The van der Waals surface area contributed by atoms with E-state index in [-0.39, 0.29) is 36.3 Å². The van der Waals surface area contributed by atoms with E-state index in [1.165, 1.54) is 0 Å². The molecular formula is C6H11ClF3NO2S. The maximum absolute atomic E-state index is 11.6. The van der Waals surface area contributed by atoms with Crippen LogP contribution in [0.2, 0.25) is 0 Å². The lowest BCUT2D eigenvalue weighted by Crippen LogP contribution is -2.32. The van der Waals surface area contributed by atoms with Crippen LogP contribution in [0.4, 0.5) is 13.2 Å². The van der Waals surface area contributed by atoms with Gasteiger partial charge in [0.2, 0.25) is 0 Å². The predicted octanol–water partition coefficient (Wildman–Crippen LogP) is 1.55. The highest BCUT2D eigenvalue weighted by Crippen LogP contribution is 2.30. The molecule has 0 bridgehead atoms. The van der Waals surface area contributed by atoms with Crippen LogP contribution in [0.15, 0.2) is 0 Å². The minimum atomic E-state index is -4.27. The minimum Gasteiger partial charge on any atom is -0.468 e. The Bertz CT molecular complexity index is 179. The molecule has 3 nitrogen and oxygen atoms in total. The topological polar surface area (TPSA) is 52.3 Å². The Morgan fingerprint density at radius 2 is 2.07 bits per heavy atom. The Labute approximate surface area is 90.0 Å². The Hall–Kier alpha value is -0.140. The number of carbonyl (C=O) groups is 1. The third-order valence-corrected chi connectivity index (χ3v) is 1.97. The zero-order valence-corrected chi connectivity index (χ0v) is 8.97. The van der Waals surface area contributed by atoms with Crippen molar-refractivity contribution in [2.75, 3.05) is 12.9 Å². The summed E-state index contributed by atoms with van der Waals surface area (Å²) in [7, 11) is 1.14. The van der Waals surface area contributed by atoms with Crippen LogP contribution >= 0.6 is 24.2 Å². The highest BCUT2D eigenvalue weighted by atomic mass is 35.5. The van der Waals surface area contributed by atoms with Crippen LogP contribution in [0.5, 0.6) is 0 Å². The SMILES string of the molecule is COC(=O)[C@@H](N)CCSC(F)(F)F.Cl. The van der Waals surface area contributed by atoms with Crippen molar-refractivity contribution in [3.05, 3.63) is 0 Å². The third kappa shape index (κ3) is 8.46. The van der Waals surface area contributed by atoms with E-state index in [9.17, 15) is 18.0 Å². The lowest BCUT2D eigenvalue weighted by molar-refractivity contribution is -0.142. The summed E-state index contributed by atoms with van der Waals surface area (Å²) >= 11 is -0.198. The van der Waals surface area contributed by atoms with E-state index in [2.05, 4.69) is 4.74 Å². The van der Waals surface area contributed by atoms with Gasteiger partial charge >= 0.3 is 11.5 Å². The van der Waals surface area contributed by atoms with Gasteiger partial charge in [0.1, 0.15) is 6.04 Å². The van der Waals surface area contributed by atoms with Crippen molar-refractivity contribution in [1.82, 2.24) is 0 Å². The van der Waals surface area contributed by atoms with E-state index in [0.717, 1.165) is 7.11 Å². The van der Waals surface area contributed by atoms with Gasteiger partial charge in [-0.3, -0.25) is 4.79 Å². The van der Waals surface area contributed by atoms with E-state index in [0.29, 0.717) is 0 Å². The van der Waals surface area contributed by atoms with E-state index < -0.39 is 17.5 Å². The molecular weight excluding hydrogens is 243 g/mol. The number of hydrogen-bond donors (Lipinski definition) is 1. The second-order valence-corrected chi connectivity index (χ2v) is 3.37. The minimum absolute atomic E-state index is 0. The molecule has 0 aliphatic heterocycles. The summed E-state index contributed by atoms with van der Waals surface area (Å²) in [6.45, 7) is 0. The number of carbonyl (C=O) groups excluding carboxylic acids is 1. The number of methoxy groups -OCH3 is 1. The molecule has 0 saturated heterocycles. The van der Waals surface area contributed by atoms with Gasteiger partial charge in [0, 0.05) is 5.75 Å². The van der Waals surface area contributed by atoms with Gasteiger partial charge in [-0.1, -0.05) is 11.8 Å². The van der Waals surface area contributed by atoms with Crippen molar-refractivity contribution in [3.8, 4) is 0 Å². The standard InChI is InChI=1S/C6H10F3NO2S.ClH/c1-12-5(11)4(10)2-3-13-6(7,8)9;/h4H,2-3,10H2,1H3;1H/t4-;/m0./s1. The molecule has 14 heavy (non-hydrogen) atoms. The molecule has 0 aromatic carbocycles. The molecule has 0 spiro atoms. The van der Waals surface area contributed by atoms with Crippen LogP contribution < -0.4 is 5.73 Å². The average molecular weight is 254 g/mol. The summed E-state index contributed by atoms with van der Waals surface area (Å²) in [4.78, 5) is 10.6. The third-order valence-electron chi connectivity index (χ3n) is 1.20. The van der Waals surface area contributed by atoms with Gasteiger partial charge in [-0.05, 0) is 6.42 Å². The first-order chi connectivity index (χ1) is 5.87. The molecule has 0 unspecified atom stereocenters. The fourth-order valence-corrected chi connectivity index (χ4v) is 1.17. The molecule has 0 aliphatic carbocycles. The highest BCUT2D eigenvalue weighted by molar-refractivity contribution is 8.00. The van der Waals surface area contributed by atoms with E-state index in [1.807, 2.05) is 0 Å². The number of esters is 1.